The van der Waals surface area contributed by atoms with Gasteiger partial charge in [0.15, 0.2) is 0 Å². The van der Waals surface area contributed by atoms with Crippen LogP contribution in [0.5, 0.6) is 0 Å². The second-order valence-corrected chi connectivity index (χ2v) is 5.81. The van der Waals surface area contributed by atoms with E-state index in [1.165, 1.54) is 0 Å². The normalized spacial score (nSPS) is 23.6. The van der Waals surface area contributed by atoms with E-state index >= 15 is 0 Å². The van der Waals surface area contributed by atoms with Crippen molar-refractivity contribution < 1.29 is 4.74 Å². The largest absolute Gasteiger partial charge is 0.379 e. The lowest BCUT2D eigenvalue weighted by atomic mass is 10.0. The lowest BCUT2D eigenvalue weighted by Gasteiger charge is -2.18. The van der Waals surface area contributed by atoms with Crippen molar-refractivity contribution in [1.29, 1.82) is 0 Å². The Bertz CT molecular complexity index is 608. The van der Waals surface area contributed by atoms with E-state index in [4.69, 9.17) is 27.1 Å². The molecule has 0 bridgehead atoms. The number of aromatic nitrogens is 2. The van der Waals surface area contributed by atoms with Gasteiger partial charge in [-0.05, 0) is 32.0 Å². The molecule has 4 nitrogen and oxygen atoms in total. The van der Waals surface area contributed by atoms with Crippen LogP contribution < -0.4 is 5.73 Å². The van der Waals surface area contributed by atoms with E-state index in [9.17, 15) is 0 Å². The van der Waals surface area contributed by atoms with Crippen LogP contribution in [-0.2, 0) is 4.74 Å². The highest BCUT2D eigenvalue weighted by Gasteiger charge is 2.31. The minimum Gasteiger partial charge on any atom is -0.379 e. The Morgan fingerprint density at radius 2 is 2.21 bits per heavy atom. The van der Waals surface area contributed by atoms with Crippen LogP contribution in [-0.4, -0.2) is 28.8 Å². The SMILES string of the molecule is CC(C)n1c(C2COCC2N)nc2ccc(Cl)cc21. The van der Waals surface area contributed by atoms with Crippen molar-refractivity contribution in [2.45, 2.75) is 31.8 Å². The topological polar surface area (TPSA) is 53.1 Å². The van der Waals surface area contributed by atoms with Gasteiger partial charge in [-0.25, -0.2) is 4.98 Å². The molecular formula is C14H18ClN3O. The summed E-state index contributed by atoms with van der Waals surface area (Å²) in [7, 11) is 0. The van der Waals surface area contributed by atoms with E-state index in [-0.39, 0.29) is 12.0 Å². The first-order valence-corrected chi connectivity index (χ1v) is 6.96. The first-order valence-electron chi connectivity index (χ1n) is 6.58. The molecule has 1 aromatic carbocycles. The van der Waals surface area contributed by atoms with Crippen LogP contribution in [0.25, 0.3) is 11.0 Å². The van der Waals surface area contributed by atoms with Crippen LogP contribution in [0.3, 0.4) is 0 Å². The Balaban J connectivity index is 2.20. The Morgan fingerprint density at radius 1 is 1.42 bits per heavy atom. The monoisotopic (exact) mass is 279 g/mol. The summed E-state index contributed by atoms with van der Waals surface area (Å²) in [5, 5.41) is 0.729. The van der Waals surface area contributed by atoms with E-state index in [1.54, 1.807) is 0 Å². The van der Waals surface area contributed by atoms with Crippen molar-refractivity contribution in [2.24, 2.45) is 5.73 Å². The fourth-order valence-electron chi connectivity index (χ4n) is 2.73. The molecular weight excluding hydrogens is 262 g/mol. The van der Waals surface area contributed by atoms with Crippen LogP contribution in [0, 0.1) is 0 Å². The lowest BCUT2D eigenvalue weighted by molar-refractivity contribution is 0.190. The number of halogens is 1. The molecule has 1 fully saturated rings. The molecule has 3 rings (SSSR count). The lowest BCUT2D eigenvalue weighted by Crippen LogP contribution is -2.29. The molecule has 2 aromatic rings. The zero-order chi connectivity index (χ0) is 13.6. The third-order valence-corrected chi connectivity index (χ3v) is 3.89. The Labute approximate surface area is 117 Å². The van der Waals surface area contributed by atoms with Gasteiger partial charge in [0.05, 0.1) is 30.2 Å². The molecule has 2 heterocycles. The molecule has 1 aliphatic heterocycles. The van der Waals surface area contributed by atoms with Gasteiger partial charge in [0.2, 0.25) is 0 Å². The fraction of sp³-hybridized carbons (Fsp3) is 0.500. The number of nitrogens with two attached hydrogens (primary N) is 1. The summed E-state index contributed by atoms with van der Waals surface area (Å²) in [6, 6.07) is 6.13. The number of benzene rings is 1. The average Bonchev–Trinajstić information content (AvgIpc) is 2.91. The average molecular weight is 280 g/mol. The number of fused-ring (bicyclic) bond motifs is 1. The van der Waals surface area contributed by atoms with E-state index in [0.717, 1.165) is 21.9 Å². The molecule has 2 atom stereocenters. The maximum atomic E-state index is 6.13. The summed E-state index contributed by atoms with van der Waals surface area (Å²) in [5.41, 5.74) is 8.16. The van der Waals surface area contributed by atoms with E-state index in [1.807, 2.05) is 18.2 Å². The van der Waals surface area contributed by atoms with Crippen LogP contribution in [0.4, 0.5) is 0 Å². The van der Waals surface area contributed by atoms with Crippen LogP contribution >= 0.6 is 11.6 Å². The number of hydrogen-bond donors (Lipinski definition) is 1. The molecule has 1 aliphatic rings. The predicted molar refractivity (Wildman–Crippen MR) is 76.7 cm³/mol. The van der Waals surface area contributed by atoms with Crippen molar-refractivity contribution in [3.8, 4) is 0 Å². The highest BCUT2D eigenvalue weighted by atomic mass is 35.5. The molecule has 102 valence electrons. The Hall–Kier alpha value is -1.10. The van der Waals surface area contributed by atoms with E-state index < -0.39 is 0 Å². The van der Waals surface area contributed by atoms with Gasteiger partial charge in [-0.2, -0.15) is 0 Å². The molecule has 0 amide bonds. The van der Waals surface area contributed by atoms with Crippen molar-refractivity contribution >= 4 is 22.6 Å². The highest BCUT2D eigenvalue weighted by Crippen LogP contribution is 2.31. The number of hydrogen-bond acceptors (Lipinski definition) is 3. The van der Waals surface area contributed by atoms with Crippen LogP contribution in [0.1, 0.15) is 31.6 Å². The number of imidazole rings is 1. The Kier molecular flexibility index (Phi) is 3.25. The summed E-state index contributed by atoms with van der Waals surface area (Å²) < 4.78 is 7.70. The standard InChI is InChI=1S/C14H18ClN3O/c1-8(2)18-13-5-9(15)3-4-12(13)17-14(18)10-6-19-7-11(10)16/h3-5,8,10-11H,6-7,16H2,1-2H3. The second-order valence-electron chi connectivity index (χ2n) is 5.37. The molecule has 0 aliphatic carbocycles. The van der Waals surface area contributed by atoms with E-state index in [2.05, 4.69) is 18.4 Å². The van der Waals surface area contributed by atoms with Gasteiger partial charge in [0.25, 0.3) is 0 Å². The molecule has 2 N–H and O–H groups in total. The van der Waals surface area contributed by atoms with Crippen molar-refractivity contribution in [3.05, 3.63) is 29.0 Å². The zero-order valence-electron chi connectivity index (χ0n) is 11.1. The van der Waals surface area contributed by atoms with Crippen molar-refractivity contribution in [2.75, 3.05) is 13.2 Å². The van der Waals surface area contributed by atoms with E-state index in [0.29, 0.717) is 19.3 Å². The molecule has 19 heavy (non-hydrogen) atoms. The summed E-state index contributed by atoms with van der Waals surface area (Å²) in [6.07, 6.45) is 0. The van der Waals surface area contributed by atoms with Gasteiger partial charge in [-0.15, -0.1) is 0 Å². The maximum absolute atomic E-state index is 6.13. The minimum atomic E-state index is 0.0183. The van der Waals surface area contributed by atoms with Gasteiger partial charge in [0.1, 0.15) is 5.82 Å². The summed E-state index contributed by atoms with van der Waals surface area (Å²) in [5.74, 6) is 1.17. The fourth-order valence-corrected chi connectivity index (χ4v) is 2.89. The molecule has 2 unspecified atom stereocenters. The highest BCUT2D eigenvalue weighted by molar-refractivity contribution is 6.31. The first-order chi connectivity index (χ1) is 9.08. The number of ether oxygens (including phenoxy) is 1. The molecule has 5 heteroatoms. The van der Waals surface area contributed by atoms with Gasteiger partial charge in [-0.1, -0.05) is 11.6 Å². The smallest absolute Gasteiger partial charge is 0.117 e. The van der Waals surface area contributed by atoms with Crippen molar-refractivity contribution in [3.63, 3.8) is 0 Å². The minimum absolute atomic E-state index is 0.0183. The quantitative estimate of drug-likeness (QED) is 0.920. The van der Waals surface area contributed by atoms with Gasteiger partial charge < -0.3 is 15.0 Å². The van der Waals surface area contributed by atoms with Crippen LogP contribution in [0.15, 0.2) is 18.2 Å². The molecule has 1 saturated heterocycles. The molecule has 0 saturated carbocycles. The summed E-state index contributed by atoms with van der Waals surface area (Å²) in [4.78, 5) is 4.75. The Morgan fingerprint density at radius 3 is 2.84 bits per heavy atom. The molecule has 0 spiro atoms. The number of rotatable bonds is 2. The zero-order valence-corrected chi connectivity index (χ0v) is 11.9. The van der Waals surface area contributed by atoms with Gasteiger partial charge in [0, 0.05) is 17.1 Å². The third kappa shape index (κ3) is 2.14. The predicted octanol–water partition coefficient (Wildman–Crippen LogP) is 2.71. The first kappa shape index (κ1) is 12.9. The summed E-state index contributed by atoms with van der Waals surface area (Å²) in [6.45, 7) is 5.54. The molecule has 0 radical (unpaired) electrons. The number of nitrogens with zero attached hydrogens (tertiary/aromatic N) is 2. The van der Waals surface area contributed by atoms with Crippen molar-refractivity contribution in [1.82, 2.24) is 9.55 Å². The van der Waals surface area contributed by atoms with Crippen LogP contribution in [0.2, 0.25) is 5.02 Å². The van der Waals surface area contributed by atoms with Gasteiger partial charge >= 0.3 is 0 Å². The maximum Gasteiger partial charge on any atom is 0.117 e. The summed E-state index contributed by atoms with van der Waals surface area (Å²) >= 11 is 6.10. The van der Waals surface area contributed by atoms with Gasteiger partial charge in [-0.3, -0.25) is 0 Å². The second kappa shape index (κ2) is 4.78. The molecule has 1 aromatic heterocycles. The third-order valence-electron chi connectivity index (χ3n) is 3.65.